The Labute approximate surface area is 194 Å². The molecule has 0 fully saturated rings. The highest BCUT2D eigenvalue weighted by Gasteiger charge is 2.32. The summed E-state index contributed by atoms with van der Waals surface area (Å²) in [6.07, 6.45) is 3.90. The van der Waals surface area contributed by atoms with Gasteiger partial charge in [-0.05, 0) is 73.2 Å². The molecule has 32 heavy (non-hydrogen) atoms. The van der Waals surface area contributed by atoms with E-state index in [1.807, 2.05) is 6.07 Å². The Morgan fingerprint density at radius 1 is 1.06 bits per heavy atom. The zero-order chi connectivity index (χ0) is 22.2. The fourth-order valence-electron chi connectivity index (χ4n) is 4.14. The van der Waals surface area contributed by atoms with Crippen LogP contribution < -0.4 is 20.1 Å². The average Bonchev–Trinajstić information content (AvgIpc) is 3.18. The molecule has 1 amide bonds. The third kappa shape index (κ3) is 3.82. The summed E-state index contributed by atoms with van der Waals surface area (Å²) >= 11 is 7.56. The zero-order valence-corrected chi connectivity index (χ0v) is 18.9. The molecule has 1 unspecified atom stereocenters. The van der Waals surface area contributed by atoms with Crippen molar-refractivity contribution in [2.75, 3.05) is 12.4 Å². The Morgan fingerprint density at radius 3 is 2.62 bits per heavy atom. The Kier molecular flexibility index (Phi) is 5.53. The number of carbonyl (C=O) groups excluding carboxylic acids is 2. The molecule has 0 saturated heterocycles. The topological polar surface area (TPSA) is 76.7 Å². The molecule has 2 heterocycles. The maximum atomic E-state index is 12.9. The lowest BCUT2D eigenvalue weighted by molar-refractivity contribution is 0.0729. The predicted octanol–water partition coefficient (Wildman–Crippen LogP) is 5.36. The van der Waals surface area contributed by atoms with Crippen molar-refractivity contribution < 1.29 is 19.1 Å². The molecule has 0 spiro atoms. The van der Waals surface area contributed by atoms with Crippen molar-refractivity contribution in [3.8, 4) is 11.5 Å². The van der Waals surface area contributed by atoms with Crippen LogP contribution in [-0.2, 0) is 12.8 Å². The summed E-state index contributed by atoms with van der Waals surface area (Å²) in [6, 6.07) is 11.7. The zero-order valence-electron chi connectivity index (χ0n) is 17.4. The van der Waals surface area contributed by atoms with Gasteiger partial charge in [0, 0.05) is 9.90 Å². The molecule has 8 heteroatoms. The molecular formula is C24H21ClN2O4S. The van der Waals surface area contributed by atoms with Crippen LogP contribution in [0.5, 0.6) is 11.5 Å². The lowest BCUT2D eigenvalue weighted by atomic mass is 9.94. The minimum atomic E-state index is -0.509. The lowest BCUT2D eigenvalue weighted by Crippen LogP contribution is -2.38. The molecule has 0 radical (unpaired) electrons. The molecule has 2 N–H and O–H groups in total. The van der Waals surface area contributed by atoms with Crippen molar-refractivity contribution in [2.24, 2.45) is 0 Å². The number of benzene rings is 2. The number of halogens is 1. The van der Waals surface area contributed by atoms with Crippen LogP contribution in [0.25, 0.3) is 0 Å². The molecule has 1 atom stereocenters. The Morgan fingerprint density at radius 2 is 1.84 bits per heavy atom. The molecule has 2 aromatic carbocycles. The summed E-state index contributed by atoms with van der Waals surface area (Å²) in [5.74, 6) is 0.133. The number of amides is 1. The quantitative estimate of drug-likeness (QED) is 0.398. The van der Waals surface area contributed by atoms with Gasteiger partial charge in [0.15, 0.2) is 11.5 Å². The van der Waals surface area contributed by atoms with E-state index >= 15 is 0 Å². The van der Waals surface area contributed by atoms with Crippen LogP contribution >= 0.6 is 22.9 Å². The van der Waals surface area contributed by atoms with Crippen LogP contribution in [0.2, 0.25) is 5.02 Å². The molecule has 0 bridgehead atoms. The van der Waals surface area contributed by atoms with E-state index in [0.29, 0.717) is 22.1 Å². The maximum Gasteiger partial charge on any atom is 0.343 e. The lowest BCUT2D eigenvalue weighted by Gasteiger charge is -2.27. The standard InChI is InChI=1S/C24H21ClN2O4S/c1-30-18-12-14(8-11-17(18)31-24(29)13-6-9-15(25)10-7-13)21-26-22(28)20-16-4-2-3-5-19(16)32-23(20)27-21/h6-12,21,27H,2-5H2,1H3,(H,26,28). The van der Waals surface area contributed by atoms with Crippen LogP contribution in [0.15, 0.2) is 42.5 Å². The van der Waals surface area contributed by atoms with E-state index in [4.69, 9.17) is 21.1 Å². The van der Waals surface area contributed by atoms with Gasteiger partial charge in [-0.2, -0.15) is 0 Å². The number of ether oxygens (including phenoxy) is 2. The second-order valence-corrected chi connectivity index (χ2v) is 9.31. The van der Waals surface area contributed by atoms with Crippen molar-refractivity contribution >= 4 is 39.8 Å². The van der Waals surface area contributed by atoms with Crippen LogP contribution in [0.1, 0.15) is 55.7 Å². The monoisotopic (exact) mass is 468 g/mol. The van der Waals surface area contributed by atoms with Crippen LogP contribution in [0, 0.1) is 0 Å². The van der Waals surface area contributed by atoms with Crippen molar-refractivity contribution in [1.29, 1.82) is 0 Å². The van der Waals surface area contributed by atoms with Gasteiger partial charge in [0.1, 0.15) is 11.2 Å². The fourth-order valence-corrected chi connectivity index (χ4v) is 5.58. The van der Waals surface area contributed by atoms with Crippen LogP contribution in [0.3, 0.4) is 0 Å². The highest BCUT2D eigenvalue weighted by molar-refractivity contribution is 7.16. The first-order valence-electron chi connectivity index (χ1n) is 10.4. The van der Waals surface area contributed by atoms with Gasteiger partial charge in [-0.15, -0.1) is 11.3 Å². The first kappa shape index (κ1) is 20.8. The van der Waals surface area contributed by atoms with E-state index < -0.39 is 12.1 Å². The van der Waals surface area contributed by atoms with E-state index in [1.54, 1.807) is 47.7 Å². The molecular weight excluding hydrogens is 448 g/mol. The number of hydrogen-bond donors (Lipinski definition) is 2. The highest BCUT2D eigenvalue weighted by atomic mass is 35.5. The number of carbonyl (C=O) groups is 2. The van der Waals surface area contributed by atoms with Gasteiger partial charge in [0.05, 0.1) is 18.2 Å². The number of rotatable bonds is 4. The molecule has 2 aliphatic rings. The third-order valence-corrected chi connectivity index (χ3v) is 7.23. The first-order chi connectivity index (χ1) is 15.5. The summed E-state index contributed by atoms with van der Waals surface area (Å²) in [4.78, 5) is 26.7. The minimum Gasteiger partial charge on any atom is -0.493 e. The number of nitrogens with one attached hydrogen (secondary N) is 2. The van der Waals surface area contributed by atoms with Gasteiger partial charge in [0.25, 0.3) is 5.91 Å². The normalized spacial score (nSPS) is 16.9. The Balaban J connectivity index is 1.38. The van der Waals surface area contributed by atoms with E-state index in [0.717, 1.165) is 35.4 Å². The maximum absolute atomic E-state index is 12.9. The number of fused-ring (bicyclic) bond motifs is 3. The first-order valence-corrected chi connectivity index (χ1v) is 11.6. The van der Waals surface area contributed by atoms with Gasteiger partial charge < -0.3 is 20.1 Å². The van der Waals surface area contributed by atoms with Crippen LogP contribution in [0.4, 0.5) is 5.00 Å². The summed E-state index contributed by atoms with van der Waals surface area (Å²) in [7, 11) is 1.51. The van der Waals surface area contributed by atoms with Gasteiger partial charge in [-0.25, -0.2) is 4.79 Å². The Bertz CT molecular complexity index is 1210. The van der Waals surface area contributed by atoms with Crippen molar-refractivity contribution in [3.63, 3.8) is 0 Å². The van der Waals surface area contributed by atoms with E-state index in [-0.39, 0.29) is 5.91 Å². The van der Waals surface area contributed by atoms with E-state index in [1.165, 1.54) is 24.0 Å². The molecule has 1 aliphatic heterocycles. The van der Waals surface area contributed by atoms with Gasteiger partial charge in [0.2, 0.25) is 0 Å². The number of thiophene rings is 1. The number of methoxy groups -OCH3 is 1. The minimum absolute atomic E-state index is 0.0552. The number of anilines is 1. The largest absolute Gasteiger partial charge is 0.493 e. The molecule has 0 saturated carbocycles. The molecule has 164 valence electrons. The van der Waals surface area contributed by atoms with Gasteiger partial charge in [-0.3, -0.25) is 4.79 Å². The molecule has 6 nitrogen and oxygen atoms in total. The number of aryl methyl sites for hydroxylation is 1. The van der Waals surface area contributed by atoms with Gasteiger partial charge in [-0.1, -0.05) is 17.7 Å². The second-order valence-electron chi connectivity index (χ2n) is 7.77. The SMILES string of the molecule is COc1cc(C2NC(=O)c3c(sc4c3CCCC4)N2)ccc1OC(=O)c1ccc(Cl)cc1. The second kappa shape index (κ2) is 8.48. The summed E-state index contributed by atoms with van der Waals surface area (Å²) in [6.45, 7) is 0. The van der Waals surface area contributed by atoms with Crippen molar-refractivity contribution in [2.45, 2.75) is 31.8 Å². The van der Waals surface area contributed by atoms with E-state index in [9.17, 15) is 9.59 Å². The number of hydrogen-bond acceptors (Lipinski definition) is 6. The van der Waals surface area contributed by atoms with Crippen molar-refractivity contribution in [3.05, 3.63) is 74.6 Å². The molecule has 5 rings (SSSR count). The smallest absolute Gasteiger partial charge is 0.343 e. The fraction of sp³-hybridized carbons (Fsp3) is 0.250. The molecule has 1 aromatic heterocycles. The summed E-state index contributed by atoms with van der Waals surface area (Å²) < 4.78 is 11.0. The number of esters is 1. The highest BCUT2D eigenvalue weighted by Crippen LogP contribution is 2.42. The predicted molar refractivity (Wildman–Crippen MR) is 124 cm³/mol. The van der Waals surface area contributed by atoms with Gasteiger partial charge >= 0.3 is 5.97 Å². The summed E-state index contributed by atoms with van der Waals surface area (Å²) in [5.41, 5.74) is 3.18. The Hall–Kier alpha value is -3.03. The molecule has 3 aromatic rings. The van der Waals surface area contributed by atoms with Crippen LogP contribution in [-0.4, -0.2) is 19.0 Å². The average molecular weight is 469 g/mol. The van der Waals surface area contributed by atoms with E-state index in [2.05, 4.69) is 10.6 Å². The third-order valence-electron chi connectivity index (χ3n) is 5.75. The van der Waals surface area contributed by atoms with Crippen molar-refractivity contribution in [1.82, 2.24) is 5.32 Å². The molecule has 1 aliphatic carbocycles. The summed E-state index contributed by atoms with van der Waals surface area (Å²) in [5, 5.41) is 7.96.